The number of nitriles is 1. The Labute approximate surface area is 79.0 Å². The maximum atomic E-state index is 8.74. The molecular formula is C12H13N. The van der Waals surface area contributed by atoms with E-state index in [1.54, 1.807) is 0 Å². The molecule has 0 aromatic heterocycles. The molecule has 13 heavy (non-hydrogen) atoms. The third kappa shape index (κ3) is 1.58. The first-order chi connectivity index (χ1) is 6.29. The monoisotopic (exact) mass is 171 g/mol. The fraction of sp³-hybridized carbons (Fsp3) is 0.417. The van der Waals surface area contributed by atoms with Crippen molar-refractivity contribution in [3.05, 3.63) is 34.9 Å². The van der Waals surface area contributed by atoms with E-state index in [2.05, 4.69) is 19.1 Å². The third-order valence-corrected chi connectivity index (χ3v) is 2.81. The second-order valence-electron chi connectivity index (χ2n) is 3.94. The summed E-state index contributed by atoms with van der Waals surface area (Å²) in [5, 5.41) is 8.74. The topological polar surface area (TPSA) is 23.8 Å². The van der Waals surface area contributed by atoms with Gasteiger partial charge in [-0.1, -0.05) is 13.0 Å². The smallest absolute Gasteiger partial charge is 0.0991 e. The molecule has 1 nitrogen and oxygen atoms in total. The Morgan fingerprint density at radius 2 is 2.23 bits per heavy atom. The van der Waals surface area contributed by atoms with Crippen LogP contribution in [0.3, 0.4) is 0 Å². The van der Waals surface area contributed by atoms with E-state index in [-0.39, 0.29) is 0 Å². The molecule has 0 heterocycles. The zero-order chi connectivity index (χ0) is 9.26. The summed E-state index contributed by atoms with van der Waals surface area (Å²) in [4.78, 5) is 0. The van der Waals surface area contributed by atoms with Gasteiger partial charge in [0.2, 0.25) is 0 Å². The highest BCUT2D eigenvalue weighted by atomic mass is 14.2. The number of aryl methyl sites for hydroxylation is 1. The normalized spacial score (nSPS) is 20.5. The van der Waals surface area contributed by atoms with Gasteiger partial charge < -0.3 is 0 Å². The summed E-state index contributed by atoms with van der Waals surface area (Å²) in [6.07, 6.45) is 3.59. The zero-order valence-electron chi connectivity index (χ0n) is 7.88. The van der Waals surface area contributed by atoms with E-state index in [4.69, 9.17) is 5.26 Å². The molecule has 1 heteroatoms. The zero-order valence-corrected chi connectivity index (χ0v) is 7.88. The average Bonchev–Trinajstić information content (AvgIpc) is 2.17. The van der Waals surface area contributed by atoms with Gasteiger partial charge in [0.25, 0.3) is 0 Å². The molecule has 0 amide bonds. The number of hydrogen-bond acceptors (Lipinski definition) is 1. The van der Waals surface area contributed by atoms with Crippen LogP contribution in [0.15, 0.2) is 18.2 Å². The van der Waals surface area contributed by atoms with Crippen molar-refractivity contribution < 1.29 is 0 Å². The van der Waals surface area contributed by atoms with Crippen molar-refractivity contribution >= 4 is 0 Å². The van der Waals surface area contributed by atoms with Gasteiger partial charge in [-0.05, 0) is 48.4 Å². The molecule has 1 atom stereocenters. The van der Waals surface area contributed by atoms with Gasteiger partial charge in [-0.15, -0.1) is 0 Å². The molecule has 66 valence electrons. The predicted octanol–water partition coefficient (Wildman–Crippen LogP) is 2.68. The van der Waals surface area contributed by atoms with Gasteiger partial charge in [0.15, 0.2) is 0 Å². The molecule has 1 aliphatic rings. The molecule has 0 unspecified atom stereocenters. The summed E-state index contributed by atoms with van der Waals surface area (Å²) >= 11 is 0. The number of rotatable bonds is 0. The van der Waals surface area contributed by atoms with Crippen LogP contribution >= 0.6 is 0 Å². The Morgan fingerprint density at radius 1 is 1.38 bits per heavy atom. The lowest BCUT2D eigenvalue weighted by Gasteiger charge is -2.21. The van der Waals surface area contributed by atoms with E-state index in [0.717, 1.165) is 17.9 Å². The Hall–Kier alpha value is -1.29. The minimum Gasteiger partial charge on any atom is -0.192 e. The first-order valence-corrected chi connectivity index (χ1v) is 4.81. The van der Waals surface area contributed by atoms with Crippen molar-refractivity contribution in [2.45, 2.75) is 26.2 Å². The second-order valence-corrected chi connectivity index (χ2v) is 3.94. The van der Waals surface area contributed by atoms with Crippen molar-refractivity contribution in [3.8, 4) is 6.07 Å². The molecule has 1 aromatic rings. The van der Waals surface area contributed by atoms with Crippen molar-refractivity contribution in [1.29, 1.82) is 5.26 Å². The molecule has 0 spiro atoms. The lowest BCUT2D eigenvalue weighted by Crippen LogP contribution is -2.11. The molecule has 0 radical (unpaired) electrons. The summed E-state index contributed by atoms with van der Waals surface area (Å²) in [6.45, 7) is 2.29. The minimum atomic E-state index is 0.799. The molecule has 0 N–H and O–H groups in total. The highest BCUT2D eigenvalue weighted by Crippen LogP contribution is 2.25. The third-order valence-electron chi connectivity index (χ3n) is 2.81. The summed E-state index contributed by atoms with van der Waals surface area (Å²) in [7, 11) is 0. The van der Waals surface area contributed by atoms with Crippen LogP contribution in [-0.2, 0) is 12.8 Å². The van der Waals surface area contributed by atoms with Crippen molar-refractivity contribution in [2.75, 3.05) is 0 Å². The van der Waals surface area contributed by atoms with Crippen LogP contribution in [0.4, 0.5) is 0 Å². The Balaban J connectivity index is 2.38. The number of benzene rings is 1. The van der Waals surface area contributed by atoms with E-state index in [1.165, 1.54) is 24.0 Å². The molecule has 0 saturated carbocycles. The van der Waals surface area contributed by atoms with Gasteiger partial charge in [-0.25, -0.2) is 0 Å². The van der Waals surface area contributed by atoms with Crippen LogP contribution in [0.1, 0.15) is 30.0 Å². The summed E-state index contributed by atoms with van der Waals surface area (Å²) in [5.41, 5.74) is 3.63. The van der Waals surface area contributed by atoms with Gasteiger partial charge >= 0.3 is 0 Å². The highest BCUT2D eigenvalue weighted by molar-refractivity contribution is 5.39. The van der Waals surface area contributed by atoms with Gasteiger partial charge in [-0.3, -0.25) is 0 Å². The summed E-state index contributed by atoms with van der Waals surface area (Å²) in [5.74, 6) is 0.806. The molecular weight excluding hydrogens is 158 g/mol. The van der Waals surface area contributed by atoms with E-state index >= 15 is 0 Å². The van der Waals surface area contributed by atoms with Crippen molar-refractivity contribution in [3.63, 3.8) is 0 Å². The Kier molecular flexibility index (Phi) is 2.06. The molecule has 0 aliphatic heterocycles. The predicted molar refractivity (Wildman–Crippen MR) is 52.3 cm³/mol. The lowest BCUT2D eigenvalue weighted by atomic mass is 9.84. The van der Waals surface area contributed by atoms with Crippen LogP contribution in [-0.4, -0.2) is 0 Å². The van der Waals surface area contributed by atoms with Crippen molar-refractivity contribution in [2.24, 2.45) is 5.92 Å². The lowest BCUT2D eigenvalue weighted by molar-refractivity contribution is 0.501. The maximum Gasteiger partial charge on any atom is 0.0991 e. The summed E-state index contributed by atoms with van der Waals surface area (Å²) in [6, 6.07) is 8.27. The van der Waals surface area contributed by atoms with Crippen LogP contribution in [0, 0.1) is 17.2 Å². The van der Waals surface area contributed by atoms with Crippen LogP contribution < -0.4 is 0 Å². The molecule has 1 aromatic carbocycles. The number of nitrogens with zero attached hydrogens (tertiary/aromatic N) is 1. The molecule has 0 saturated heterocycles. The summed E-state index contributed by atoms with van der Waals surface area (Å²) < 4.78 is 0. The van der Waals surface area contributed by atoms with E-state index in [9.17, 15) is 0 Å². The molecule has 2 rings (SSSR count). The maximum absolute atomic E-state index is 8.74. The van der Waals surface area contributed by atoms with Gasteiger partial charge in [0, 0.05) is 0 Å². The Morgan fingerprint density at radius 3 is 3.00 bits per heavy atom. The molecule has 0 fully saturated rings. The first kappa shape index (κ1) is 8.31. The number of hydrogen-bond donors (Lipinski definition) is 0. The van der Waals surface area contributed by atoms with Gasteiger partial charge in [-0.2, -0.15) is 5.26 Å². The van der Waals surface area contributed by atoms with Crippen LogP contribution in [0.25, 0.3) is 0 Å². The average molecular weight is 171 g/mol. The first-order valence-electron chi connectivity index (χ1n) is 4.81. The Bertz CT molecular complexity index is 360. The fourth-order valence-corrected chi connectivity index (χ4v) is 2.01. The number of fused-ring (bicyclic) bond motifs is 1. The van der Waals surface area contributed by atoms with Gasteiger partial charge in [0.1, 0.15) is 0 Å². The van der Waals surface area contributed by atoms with Crippen LogP contribution in [0.2, 0.25) is 0 Å². The largest absolute Gasteiger partial charge is 0.192 e. The van der Waals surface area contributed by atoms with E-state index in [0.29, 0.717) is 0 Å². The quantitative estimate of drug-likeness (QED) is 0.588. The fourth-order valence-electron chi connectivity index (χ4n) is 2.01. The molecule has 0 bridgehead atoms. The van der Waals surface area contributed by atoms with Crippen molar-refractivity contribution in [1.82, 2.24) is 0 Å². The SMILES string of the molecule is C[C@@H]1CCc2cc(C#N)ccc2C1. The van der Waals surface area contributed by atoms with Crippen LogP contribution in [0.5, 0.6) is 0 Å². The second kappa shape index (κ2) is 3.22. The standard InChI is InChI=1S/C12H13N/c1-9-2-4-12-7-10(8-13)3-5-11(12)6-9/h3,5,7,9H,2,4,6H2,1H3/t9-/m1/s1. The minimum absolute atomic E-state index is 0.799. The van der Waals surface area contributed by atoms with Gasteiger partial charge in [0.05, 0.1) is 11.6 Å². The van der Waals surface area contributed by atoms with E-state index < -0.39 is 0 Å². The van der Waals surface area contributed by atoms with E-state index in [1.807, 2.05) is 12.1 Å². The molecule has 1 aliphatic carbocycles. The highest BCUT2D eigenvalue weighted by Gasteiger charge is 2.14.